The normalized spacial score (nSPS) is 20.5. The van der Waals surface area contributed by atoms with Gasteiger partial charge in [0, 0.05) is 6.54 Å². The lowest BCUT2D eigenvalue weighted by Gasteiger charge is -2.13. The van der Waals surface area contributed by atoms with Gasteiger partial charge < -0.3 is 15.8 Å². The van der Waals surface area contributed by atoms with Gasteiger partial charge >= 0.3 is 0 Å². The Morgan fingerprint density at radius 1 is 1.44 bits per heavy atom. The van der Waals surface area contributed by atoms with Crippen molar-refractivity contribution in [1.82, 2.24) is 4.98 Å². The fourth-order valence-corrected chi connectivity index (χ4v) is 1.84. The van der Waals surface area contributed by atoms with Crippen molar-refractivity contribution in [3.63, 3.8) is 0 Å². The second-order valence-electron chi connectivity index (χ2n) is 6.01. The highest BCUT2D eigenvalue weighted by atomic mass is 16.5. The van der Waals surface area contributed by atoms with Gasteiger partial charge in [0.25, 0.3) is 0 Å². The number of hydrogen-bond acceptors (Lipinski definition) is 4. The molecule has 0 aliphatic heterocycles. The first kappa shape index (κ1) is 11.6. The van der Waals surface area contributed by atoms with Crippen LogP contribution in [0.3, 0.4) is 0 Å². The average Bonchev–Trinajstić information content (AvgIpc) is 3.25. The fourth-order valence-electron chi connectivity index (χ4n) is 1.84. The first-order valence-corrected chi connectivity index (χ1v) is 6.78. The minimum Gasteiger partial charge on any atom is -0.476 e. The number of pyridine rings is 1. The molecule has 0 unspecified atom stereocenters. The van der Waals surface area contributed by atoms with Crippen LogP contribution in [0.5, 0.6) is 5.88 Å². The van der Waals surface area contributed by atoms with E-state index in [0.29, 0.717) is 22.9 Å². The summed E-state index contributed by atoms with van der Waals surface area (Å²) < 4.78 is 5.67. The van der Waals surface area contributed by atoms with E-state index in [9.17, 15) is 0 Å². The van der Waals surface area contributed by atoms with Crippen LogP contribution in [-0.4, -0.2) is 18.1 Å². The standard InChI is InChI=1S/C14H21N3O/c1-14(6-7-14)9-16-12-5-4-11(15)13(17-12)18-8-10-2-3-10/h4-5,10H,2-3,6-9,15H2,1H3,(H,16,17). The monoisotopic (exact) mass is 247 g/mol. The Kier molecular flexibility index (Phi) is 2.80. The van der Waals surface area contributed by atoms with Crippen molar-refractivity contribution in [3.05, 3.63) is 12.1 Å². The largest absolute Gasteiger partial charge is 0.476 e. The zero-order valence-electron chi connectivity index (χ0n) is 10.9. The summed E-state index contributed by atoms with van der Waals surface area (Å²) >= 11 is 0. The van der Waals surface area contributed by atoms with Crippen molar-refractivity contribution < 1.29 is 4.74 Å². The van der Waals surface area contributed by atoms with Crippen LogP contribution < -0.4 is 15.8 Å². The Morgan fingerprint density at radius 2 is 2.22 bits per heavy atom. The molecule has 98 valence electrons. The average molecular weight is 247 g/mol. The van der Waals surface area contributed by atoms with Gasteiger partial charge in [-0.05, 0) is 49.1 Å². The van der Waals surface area contributed by atoms with E-state index >= 15 is 0 Å². The number of nitrogens with zero attached hydrogens (tertiary/aromatic N) is 1. The fraction of sp³-hybridized carbons (Fsp3) is 0.643. The van der Waals surface area contributed by atoms with E-state index in [4.69, 9.17) is 10.5 Å². The minimum atomic E-state index is 0.470. The lowest BCUT2D eigenvalue weighted by Crippen LogP contribution is -2.13. The third kappa shape index (κ3) is 2.86. The van der Waals surface area contributed by atoms with Crippen molar-refractivity contribution in [1.29, 1.82) is 0 Å². The molecule has 2 fully saturated rings. The lowest BCUT2D eigenvalue weighted by atomic mass is 10.1. The SMILES string of the molecule is CC1(CNc2ccc(N)c(OCC3CC3)n2)CC1. The van der Waals surface area contributed by atoms with Crippen LogP contribution in [0.25, 0.3) is 0 Å². The van der Waals surface area contributed by atoms with Crippen molar-refractivity contribution in [3.8, 4) is 5.88 Å². The number of nitrogens with one attached hydrogen (secondary N) is 1. The van der Waals surface area contributed by atoms with E-state index in [2.05, 4.69) is 17.2 Å². The summed E-state index contributed by atoms with van der Waals surface area (Å²) in [6.45, 7) is 4.02. The van der Waals surface area contributed by atoms with Gasteiger partial charge in [0.15, 0.2) is 0 Å². The first-order chi connectivity index (χ1) is 8.65. The molecule has 4 heteroatoms. The maximum Gasteiger partial charge on any atom is 0.239 e. The molecule has 2 aliphatic carbocycles. The Morgan fingerprint density at radius 3 is 2.89 bits per heavy atom. The number of anilines is 2. The van der Waals surface area contributed by atoms with Crippen LogP contribution >= 0.6 is 0 Å². The van der Waals surface area contributed by atoms with E-state index in [1.165, 1.54) is 25.7 Å². The molecule has 1 aromatic heterocycles. The highest BCUT2D eigenvalue weighted by Gasteiger charge is 2.36. The molecule has 2 aliphatic rings. The minimum absolute atomic E-state index is 0.470. The number of aromatic nitrogens is 1. The first-order valence-electron chi connectivity index (χ1n) is 6.78. The molecular formula is C14H21N3O. The highest BCUT2D eigenvalue weighted by Crippen LogP contribution is 2.44. The van der Waals surface area contributed by atoms with Gasteiger partial charge in [0.05, 0.1) is 12.3 Å². The zero-order valence-corrected chi connectivity index (χ0v) is 10.9. The van der Waals surface area contributed by atoms with Gasteiger partial charge in [-0.3, -0.25) is 0 Å². The maximum absolute atomic E-state index is 5.88. The Labute approximate surface area is 108 Å². The summed E-state index contributed by atoms with van der Waals surface area (Å²) in [5.41, 5.74) is 6.97. The summed E-state index contributed by atoms with van der Waals surface area (Å²) in [5, 5.41) is 3.37. The van der Waals surface area contributed by atoms with Gasteiger partial charge in [-0.25, -0.2) is 0 Å². The smallest absolute Gasteiger partial charge is 0.239 e. The van der Waals surface area contributed by atoms with Crippen LogP contribution in [0.15, 0.2) is 12.1 Å². The molecule has 0 atom stereocenters. The summed E-state index contributed by atoms with van der Waals surface area (Å²) in [6, 6.07) is 3.79. The quantitative estimate of drug-likeness (QED) is 0.811. The maximum atomic E-state index is 5.88. The Balaban J connectivity index is 1.60. The predicted molar refractivity (Wildman–Crippen MR) is 72.7 cm³/mol. The van der Waals surface area contributed by atoms with Gasteiger partial charge in [-0.15, -0.1) is 0 Å². The zero-order chi connectivity index (χ0) is 12.6. The van der Waals surface area contributed by atoms with Gasteiger partial charge in [0.2, 0.25) is 5.88 Å². The molecule has 4 nitrogen and oxygen atoms in total. The number of hydrogen-bond donors (Lipinski definition) is 2. The molecule has 1 aromatic rings. The summed E-state index contributed by atoms with van der Waals surface area (Å²) in [4.78, 5) is 4.44. The molecule has 0 spiro atoms. The highest BCUT2D eigenvalue weighted by molar-refractivity contribution is 5.53. The molecule has 3 N–H and O–H groups in total. The second-order valence-corrected chi connectivity index (χ2v) is 6.01. The summed E-state index contributed by atoms with van der Waals surface area (Å²) in [7, 11) is 0. The summed E-state index contributed by atoms with van der Waals surface area (Å²) in [6.07, 6.45) is 5.16. The van der Waals surface area contributed by atoms with E-state index < -0.39 is 0 Å². The molecule has 0 aromatic carbocycles. The summed E-state index contributed by atoms with van der Waals surface area (Å²) in [5.74, 6) is 2.16. The van der Waals surface area contributed by atoms with Crippen molar-refractivity contribution >= 4 is 11.5 Å². The topological polar surface area (TPSA) is 60.2 Å². The molecule has 18 heavy (non-hydrogen) atoms. The third-order valence-electron chi connectivity index (χ3n) is 3.84. The van der Waals surface area contributed by atoms with Crippen LogP contribution in [0.1, 0.15) is 32.6 Å². The lowest BCUT2D eigenvalue weighted by molar-refractivity contribution is 0.290. The van der Waals surface area contributed by atoms with Crippen LogP contribution in [0.4, 0.5) is 11.5 Å². The molecule has 0 bridgehead atoms. The third-order valence-corrected chi connectivity index (χ3v) is 3.84. The van der Waals surface area contributed by atoms with Crippen LogP contribution in [0, 0.1) is 11.3 Å². The molecular weight excluding hydrogens is 226 g/mol. The van der Waals surface area contributed by atoms with Crippen LogP contribution in [0.2, 0.25) is 0 Å². The molecule has 0 radical (unpaired) electrons. The van der Waals surface area contributed by atoms with Crippen molar-refractivity contribution in [2.45, 2.75) is 32.6 Å². The van der Waals surface area contributed by atoms with Crippen LogP contribution in [-0.2, 0) is 0 Å². The number of ether oxygens (including phenoxy) is 1. The number of nitrogen functional groups attached to an aromatic ring is 1. The van der Waals surface area contributed by atoms with E-state index in [0.717, 1.165) is 19.0 Å². The van der Waals surface area contributed by atoms with Gasteiger partial charge in [-0.1, -0.05) is 6.92 Å². The molecule has 0 saturated heterocycles. The molecule has 0 amide bonds. The van der Waals surface area contributed by atoms with E-state index in [1.807, 2.05) is 12.1 Å². The molecule has 1 heterocycles. The van der Waals surface area contributed by atoms with Crippen molar-refractivity contribution in [2.75, 3.05) is 24.2 Å². The Bertz CT molecular complexity index is 439. The number of rotatable bonds is 6. The Hall–Kier alpha value is -1.45. The van der Waals surface area contributed by atoms with Gasteiger partial charge in [-0.2, -0.15) is 4.98 Å². The second kappa shape index (κ2) is 4.34. The van der Waals surface area contributed by atoms with Crippen molar-refractivity contribution in [2.24, 2.45) is 11.3 Å². The predicted octanol–water partition coefficient (Wildman–Crippen LogP) is 2.66. The van der Waals surface area contributed by atoms with E-state index in [1.54, 1.807) is 0 Å². The van der Waals surface area contributed by atoms with Gasteiger partial charge in [0.1, 0.15) is 5.82 Å². The number of nitrogens with two attached hydrogens (primary N) is 1. The molecule has 3 rings (SSSR count). The molecule has 2 saturated carbocycles. The van der Waals surface area contributed by atoms with E-state index in [-0.39, 0.29) is 0 Å².